The van der Waals surface area contributed by atoms with E-state index in [1.54, 1.807) is 18.5 Å². The number of carbonyl (C=O) groups excluding carboxylic acids is 1. The summed E-state index contributed by atoms with van der Waals surface area (Å²) in [5, 5.41) is 2.68. The van der Waals surface area contributed by atoms with Gasteiger partial charge in [0.1, 0.15) is 11.9 Å². The zero-order valence-electron chi connectivity index (χ0n) is 14.4. The van der Waals surface area contributed by atoms with Crippen molar-refractivity contribution in [2.45, 2.75) is 31.9 Å². The fourth-order valence-electron chi connectivity index (χ4n) is 2.88. The summed E-state index contributed by atoms with van der Waals surface area (Å²) in [6.45, 7) is 3.09. The van der Waals surface area contributed by atoms with Gasteiger partial charge in [-0.25, -0.2) is 18.7 Å². The third-order valence-corrected chi connectivity index (χ3v) is 4.39. The lowest BCUT2D eigenvalue weighted by Gasteiger charge is -2.35. The molecule has 0 saturated carbocycles. The zero-order valence-corrected chi connectivity index (χ0v) is 14.4. The second-order valence-electron chi connectivity index (χ2n) is 6.17. The molecule has 0 bridgehead atoms. The van der Waals surface area contributed by atoms with Crippen LogP contribution in [0.25, 0.3) is 0 Å². The van der Waals surface area contributed by atoms with Crippen molar-refractivity contribution in [3.63, 3.8) is 0 Å². The maximum absolute atomic E-state index is 13.7. The minimum Gasteiger partial charge on any atom is -0.487 e. The molecule has 2 heterocycles. The minimum absolute atomic E-state index is 0.0527. The number of nitrogens with one attached hydrogen (secondary N) is 1. The molecular formula is C18H20F2N4O2. The second kappa shape index (κ2) is 8.18. The standard InChI is InChI=1S/C18H20F2N4O2/c1-12(17(25)23-18-21-7-2-8-22-18)24-9-5-14(6-10-24)26-16-4-3-13(19)11-15(16)20/h2-4,7-8,11-12,14H,5-6,9-10H2,1H3,(H,21,22,23,25). The summed E-state index contributed by atoms with van der Waals surface area (Å²) in [5.41, 5.74) is 0. The predicted octanol–water partition coefficient (Wildman–Crippen LogP) is 2.63. The molecule has 3 rings (SSSR count). The first-order valence-corrected chi connectivity index (χ1v) is 8.46. The van der Waals surface area contributed by atoms with Crippen molar-refractivity contribution >= 4 is 11.9 Å². The number of ether oxygens (including phenoxy) is 1. The normalized spacial score (nSPS) is 16.9. The van der Waals surface area contributed by atoms with Crippen LogP contribution in [0.2, 0.25) is 0 Å². The Morgan fingerprint density at radius 3 is 2.62 bits per heavy atom. The largest absolute Gasteiger partial charge is 0.487 e. The molecule has 2 aromatic rings. The third-order valence-electron chi connectivity index (χ3n) is 4.39. The highest BCUT2D eigenvalue weighted by Gasteiger charge is 2.28. The van der Waals surface area contributed by atoms with Gasteiger partial charge in [-0.05, 0) is 38.0 Å². The Kier molecular flexibility index (Phi) is 5.72. The van der Waals surface area contributed by atoms with Gasteiger partial charge in [-0.2, -0.15) is 0 Å². The molecule has 1 N–H and O–H groups in total. The summed E-state index contributed by atoms with van der Waals surface area (Å²) in [5.74, 6) is -1.19. The lowest BCUT2D eigenvalue weighted by atomic mass is 10.1. The van der Waals surface area contributed by atoms with Crippen LogP contribution in [0.5, 0.6) is 5.75 Å². The van der Waals surface area contributed by atoms with Gasteiger partial charge in [0.05, 0.1) is 6.04 Å². The van der Waals surface area contributed by atoms with Crippen LogP contribution in [0.1, 0.15) is 19.8 Å². The second-order valence-corrected chi connectivity index (χ2v) is 6.17. The van der Waals surface area contributed by atoms with Crippen LogP contribution < -0.4 is 10.1 Å². The Morgan fingerprint density at radius 1 is 1.27 bits per heavy atom. The van der Waals surface area contributed by atoms with Crippen LogP contribution in [0.15, 0.2) is 36.7 Å². The Morgan fingerprint density at radius 2 is 1.96 bits per heavy atom. The number of hydrogen-bond acceptors (Lipinski definition) is 5. The fraction of sp³-hybridized carbons (Fsp3) is 0.389. The number of piperidine rings is 1. The molecule has 1 aliphatic rings. The van der Waals surface area contributed by atoms with Gasteiger partial charge in [0.15, 0.2) is 11.6 Å². The van der Waals surface area contributed by atoms with E-state index < -0.39 is 11.6 Å². The number of nitrogens with zero attached hydrogens (tertiary/aromatic N) is 3. The van der Waals surface area contributed by atoms with Gasteiger partial charge in [-0.1, -0.05) is 0 Å². The number of amides is 1. The number of likely N-dealkylation sites (tertiary alicyclic amines) is 1. The van der Waals surface area contributed by atoms with Gasteiger partial charge < -0.3 is 4.74 Å². The lowest BCUT2D eigenvalue weighted by Crippen LogP contribution is -2.48. The molecule has 1 aromatic carbocycles. The first-order chi connectivity index (χ1) is 12.5. The van der Waals surface area contributed by atoms with Crippen molar-refractivity contribution in [3.8, 4) is 5.75 Å². The van der Waals surface area contributed by atoms with Crippen LogP contribution in [-0.4, -0.2) is 46.0 Å². The Balaban J connectivity index is 1.50. The lowest BCUT2D eigenvalue weighted by molar-refractivity contribution is -0.121. The summed E-state index contributed by atoms with van der Waals surface area (Å²) in [6, 6.07) is 4.61. The molecule has 1 saturated heterocycles. The van der Waals surface area contributed by atoms with Crippen LogP contribution in [0.3, 0.4) is 0 Å². The monoisotopic (exact) mass is 362 g/mol. The molecule has 0 aliphatic carbocycles. The van der Waals surface area contributed by atoms with E-state index in [0.29, 0.717) is 25.9 Å². The molecule has 1 amide bonds. The van der Waals surface area contributed by atoms with Crippen molar-refractivity contribution in [1.29, 1.82) is 0 Å². The van der Waals surface area contributed by atoms with Crippen molar-refractivity contribution in [2.24, 2.45) is 0 Å². The van der Waals surface area contributed by atoms with Gasteiger partial charge in [0.2, 0.25) is 11.9 Å². The van der Waals surface area contributed by atoms with Crippen molar-refractivity contribution in [2.75, 3.05) is 18.4 Å². The van der Waals surface area contributed by atoms with Crippen LogP contribution in [0.4, 0.5) is 14.7 Å². The molecule has 1 unspecified atom stereocenters. The summed E-state index contributed by atoms with van der Waals surface area (Å²) in [4.78, 5) is 22.3. The van der Waals surface area contributed by atoms with E-state index in [4.69, 9.17) is 4.74 Å². The molecule has 1 fully saturated rings. The summed E-state index contributed by atoms with van der Waals surface area (Å²) in [6.07, 6.45) is 4.25. The van der Waals surface area contributed by atoms with E-state index >= 15 is 0 Å². The highest BCUT2D eigenvalue weighted by molar-refractivity contribution is 5.93. The average molecular weight is 362 g/mol. The quantitative estimate of drug-likeness (QED) is 0.886. The predicted molar refractivity (Wildman–Crippen MR) is 91.7 cm³/mol. The van der Waals surface area contributed by atoms with Gasteiger partial charge in [-0.3, -0.25) is 15.0 Å². The topological polar surface area (TPSA) is 67.4 Å². The number of aromatic nitrogens is 2. The van der Waals surface area contributed by atoms with Gasteiger partial charge in [-0.15, -0.1) is 0 Å². The van der Waals surface area contributed by atoms with Crippen LogP contribution in [-0.2, 0) is 4.79 Å². The molecule has 0 spiro atoms. The van der Waals surface area contributed by atoms with Gasteiger partial charge in [0.25, 0.3) is 0 Å². The molecular weight excluding hydrogens is 342 g/mol. The smallest absolute Gasteiger partial charge is 0.243 e. The Hall–Kier alpha value is -2.61. The van der Waals surface area contributed by atoms with E-state index in [2.05, 4.69) is 15.3 Å². The number of hydrogen-bond donors (Lipinski definition) is 1. The van der Waals surface area contributed by atoms with E-state index in [1.165, 1.54) is 12.1 Å². The van der Waals surface area contributed by atoms with E-state index in [1.807, 2.05) is 11.8 Å². The molecule has 6 nitrogen and oxygen atoms in total. The highest BCUT2D eigenvalue weighted by atomic mass is 19.1. The first kappa shape index (κ1) is 18.2. The molecule has 8 heteroatoms. The summed E-state index contributed by atoms with van der Waals surface area (Å²) < 4.78 is 32.3. The molecule has 138 valence electrons. The van der Waals surface area contributed by atoms with Gasteiger partial charge in [0, 0.05) is 31.5 Å². The summed E-state index contributed by atoms with van der Waals surface area (Å²) in [7, 11) is 0. The van der Waals surface area contributed by atoms with Gasteiger partial charge >= 0.3 is 0 Å². The maximum Gasteiger partial charge on any atom is 0.243 e. The molecule has 1 atom stereocenters. The van der Waals surface area contributed by atoms with Crippen molar-refractivity contribution < 1.29 is 18.3 Å². The van der Waals surface area contributed by atoms with E-state index in [-0.39, 0.29) is 29.8 Å². The fourth-order valence-corrected chi connectivity index (χ4v) is 2.88. The molecule has 1 aromatic heterocycles. The third kappa shape index (κ3) is 4.51. The minimum atomic E-state index is -0.706. The SMILES string of the molecule is CC(C(=O)Nc1ncccn1)N1CCC(Oc2ccc(F)cc2F)CC1. The van der Waals surface area contributed by atoms with Crippen LogP contribution in [0, 0.1) is 11.6 Å². The first-order valence-electron chi connectivity index (χ1n) is 8.46. The van der Waals surface area contributed by atoms with Crippen LogP contribution >= 0.6 is 0 Å². The number of carbonyl (C=O) groups is 1. The number of rotatable bonds is 5. The zero-order chi connectivity index (χ0) is 18.5. The number of anilines is 1. The molecule has 0 radical (unpaired) electrons. The number of benzene rings is 1. The number of halogens is 2. The summed E-state index contributed by atoms with van der Waals surface area (Å²) >= 11 is 0. The molecule has 26 heavy (non-hydrogen) atoms. The van der Waals surface area contributed by atoms with E-state index in [9.17, 15) is 13.6 Å². The van der Waals surface area contributed by atoms with Crippen molar-refractivity contribution in [1.82, 2.24) is 14.9 Å². The Labute approximate surface area is 150 Å². The molecule has 1 aliphatic heterocycles. The highest BCUT2D eigenvalue weighted by Crippen LogP contribution is 2.23. The van der Waals surface area contributed by atoms with Crippen molar-refractivity contribution in [3.05, 3.63) is 48.3 Å². The maximum atomic E-state index is 13.7. The van der Waals surface area contributed by atoms with E-state index in [0.717, 1.165) is 6.07 Å². The Bertz CT molecular complexity index is 752. The average Bonchev–Trinajstić information content (AvgIpc) is 2.65.